The summed E-state index contributed by atoms with van der Waals surface area (Å²) in [7, 11) is 0. The molecule has 3 heterocycles. The van der Waals surface area contributed by atoms with Crippen LogP contribution < -0.4 is 10.6 Å². The topological polar surface area (TPSA) is 48.9 Å². The third-order valence-corrected chi connectivity index (χ3v) is 5.49. The minimum Gasteiger partial charge on any atom is -0.379 e. The van der Waals surface area contributed by atoms with Crippen LogP contribution in [0.1, 0.15) is 13.3 Å². The van der Waals surface area contributed by atoms with Crippen LogP contribution in [0.3, 0.4) is 0 Å². The lowest BCUT2D eigenvalue weighted by Crippen LogP contribution is -2.60. The standard InChI is InChI=1S/C13H24N4OS/c1-11-8-14-12(16-11)15-9-13(2-7-19-10-13)17-3-5-18-6-4-17/h11H,2-10H2,1H3,(H2,14,15,16). The number of rotatable bonds is 3. The van der Waals surface area contributed by atoms with Gasteiger partial charge in [0.05, 0.1) is 19.8 Å². The number of nitrogens with zero attached hydrogens (tertiary/aromatic N) is 2. The van der Waals surface area contributed by atoms with Crippen LogP contribution in [-0.4, -0.2) is 73.3 Å². The molecule has 5 nitrogen and oxygen atoms in total. The first-order valence-electron chi connectivity index (χ1n) is 7.24. The molecule has 0 aliphatic carbocycles. The Morgan fingerprint density at radius 3 is 3.00 bits per heavy atom. The Labute approximate surface area is 119 Å². The van der Waals surface area contributed by atoms with Crippen molar-refractivity contribution in [3.8, 4) is 0 Å². The minimum atomic E-state index is 0.296. The Bertz CT molecular complexity index is 338. The van der Waals surface area contributed by atoms with Crippen LogP contribution >= 0.6 is 11.8 Å². The summed E-state index contributed by atoms with van der Waals surface area (Å²) >= 11 is 2.07. The Morgan fingerprint density at radius 1 is 1.53 bits per heavy atom. The first-order chi connectivity index (χ1) is 9.28. The van der Waals surface area contributed by atoms with E-state index in [0.29, 0.717) is 11.6 Å². The van der Waals surface area contributed by atoms with Gasteiger partial charge in [0.1, 0.15) is 0 Å². The number of nitrogens with one attached hydrogen (secondary N) is 2. The van der Waals surface area contributed by atoms with Crippen LogP contribution in [0.4, 0.5) is 0 Å². The molecule has 3 aliphatic heterocycles. The van der Waals surface area contributed by atoms with Gasteiger partial charge < -0.3 is 15.4 Å². The lowest BCUT2D eigenvalue weighted by atomic mass is 9.95. The summed E-state index contributed by atoms with van der Waals surface area (Å²) in [6.07, 6.45) is 1.27. The third-order valence-electron chi connectivity index (χ3n) is 4.26. The van der Waals surface area contributed by atoms with E-state index >= 15 is 0 Å². The average molecular weight is 284 g/mol. The molecule has 3 aliphatic rings. The maximum Gasteiger partial charge on any atom is 0.191 e. The lowest BCUT2D eigenvalue weighted by Gasteiger charge is -2.43. The normalized spacial score (nSPS) is 36.1. The van der Waals surface area contributed by atoms with Crippen LogP contribution in [0.25, 0.3) is 0 Å². The quantitative estimate of drug-likeness (QED) is 0.772. The molecule has 0 bridgehead atoms. The molecule has 19 heavy (non-hydrogen) atoms. The van der Waals surface area contributed by atoms with Gasteiger partial charge in [-0.3, -0.25) is 9.89 Å². The molecule has 0 aromatic rings. The molecular weight excluding hydrogens is 260 g/mol. The molecule has 2 saturated heterocycles. The monoisotopic (exact) mass is 284 g/mol. The van der Waals surface area contributed by atoms with E-state index in [1.807, 2.05) is 0 Å². The van der Waals surface area contributed by atoms with Gasteiger partial charge in [0, 0.05) is 37.0 Å². The Morgan fingerprint density at radius 2 is 2.37 bits per heavy atom. The summed E-state index contributed by atoms with van der Waals surface area (Å²) in [5.74, 6) is 3.48. The van der Waals surface area contributed by atoms with Gasteiger partial charge in [0.25, 0.3) is 0 Å². The van der Waals surface area contributed by atoms with E-state index in [-0.39, 0.29) is 0 Å². The van der Waals surface area contributed by atoms with Crippen LogP contribution in [0.15, 0.2) is 4.99 Å². The Hall–Kier alpha value is -0.460. The predicted octanol–water partition coefficient (Wildman–Crippen LogP) is 0.132. The van der Waals surface area contributed by atoms with Gasteiger partial charge in [-0.05, 0) is 19.1 Å². The number of hydrogen-bond acceptors (Lipinski definition) is 6. The maximum absolute atomic E-state index is 5.49. The summed E-state index contributed by atoms with van der Waals surface area (Å²) in [4.78, 5) is 7.13. The first kappa shape index (κ1) is 13.5. The highest BCUT2D eigenvalue weighted by molar-refractivity contribution is 7.99. The van der Waals surface area contributed by atoms with Crippen LogP contribution in [0.2, 0.25) is 0 Å². The van der Waals surface area contributed by atoms with Crippen molar-refractivity contribution in [3.63, 3.8) is 0 Å². The third kappa shape index (κ3) is 3.01. The van der Waals surface area contributed by atoms with Crippen molar-refractivity contribution in [1.82, 2.24) is 15.5 Å². The molecule has 3 rings (SSSR count). The van der Waals surface area contributed by atoms with E-state index in [0.717, 1.165) is 45.4 Å². The summed E-state index contributed by atoms with van der Waals surface area (Å²) in [5, 5.41) is 6.92. The van der Waals surface area contributed by atoms with Crippen molar-refractivity contribution < 1.29 is 4.74 Å². The van der Waals surface area contributed by atoms with E-state index in [1.165, 1.54) is 17.9 Å². The van der Waals surface area contributed by atoms with Crippen molar-refractivity contribution in [2.45, 2.75) is 24.9 Å². The molecule has 2 fully saturated rings. The fraction of sp³-hybridized carbons (Fsp3) is 0.923. The predicted molar refractivity (Wildman–Crippen MR) is 80.0 cm³/mol. The Kier molecular flexibility index (Phi) is 4.19. The van der Waals surface area contributed by atoms with E-state index in [4.69, 9.17) is 4.74 Å². The van der Waals surface area contributed by atoms with Gasteiger partial charge in [0.2, 0.25) is 0 Å². The fourth-order valence-electron chi connectivity index (χ4n) is 3.04. The van der Waals surface area contributed by atoms with Gasteiger partial charge in [-0.1, -0.05) is 0 Å². The molecule has 6 heteroatoms. The van der Waals surface area contributed by atoms with Gasteiger partial charge in [-0.25, -0.2) is 0 Å². The first-order valence-corrected chi connectivity index (χ1v) is 8.39. The molecule has 0 saturated carbocycles. The second-order valence-electron chi connectivity index (χ2n) is 5.71. The van der Waals surface area contributed by atoms with Crippen LogP contribution in [-0.2, 0) is 4.74 Å². The van der Waals surface area contributed by atoms with E-state index < -0.39 is 0 Å². The molecule has 108 valence electrons. The average Bonchev–Trinajstić information content (AvgIpc) is 3.07. The van der Waals surface area contributed by atoms with Crippen molar-refractivity contribution in [2.24, 2.45) is 4.99 Å². The van der Waals surface area contributed by atoms with Gasteiger partial charge in [-0.2, -0.15) is 11.8 Å². The number of morpholine rings is 1. The molecule has 0 aromatic heterocycles. The van der Waals surface area contributed by atoms with Crippen molar-refractivity contribution >= 4 is 17.7 Å². The zero-order valence-electron chi connectivity index (χ0n) is 11.7. The highest BCUT2D eigenvalue weighted by Gasteiger charge is 2.40. The van der Waals surface area contributed by atoms with Crippen molar-refractivity contribution in [3.05, 3.63) is 0 Å². The largest absolute Gasteiger partial charge is 0.379 e. The molecular formula is C13H24N4OS. The summed E-state index contributed by atoms with van der Waals surface area (Å²) in [5.41, 5.74) is 0.296. The van der Waals surface area contributed by atoms with Crippen LogP contribution in [0.5, 0.6) is 0 Å². The smallest absolute Gasteiger partial charge is 0.191 e. The number of thioether (sulfide) groups is 1. The molecule has 2 N–H and O–H groups in total. The van der Waals surface area contributed by atoms with E-state index in [9.17, 15) is 0 Å². The maximum atomic E-state index is 5.49. The molecule has 0 radical (unpaired) electrons. The van der Waals surface area contributed by atoms with Crippen LogP contribution in [0, 0.1) is 0 Å². The highest BCUT2D eigenvalue weighted by Crippen LogP contribution is 2.33. The number of ether oxygens (including phenoxy) is 1. The molecule has 2 atom stereocenters. The zero-order valence-corrected chi connectivity index (χ0v) is 12.5. The Balaban J connectivity index is 1.60. The van der Waals surface area contributed by atoms with Gasteiger partial charge in [0.15, 0.2) is 5.96 Å². The second-order valence-corrected chi connectivity index (χ2v) is 6.82. The minimum absolute atomic E-state index is 0.296. The van der Waals surface area contributed by atoms with Crippen molar-refractivity contribution in [1.29, 1.82) is 0 Å². The number of aliphatic imine (C=N–C) groups is 1. The molecule has 0 spiro atoms. The molecule has 0 aromatic carbocycles. The number of guanidine groups is 1. The summed E-state index contributed by atoms with van der Waals surface area (Å²) in [6.45, 7) is 7.95. The van der Waals surface area contributed by atoms with E-state index in [2.05, 4.69) is 39.2 Å². The number of hydrogen-bond donors (Lipinski definition) is 2. The highest BCUT2D eigenvalue weighted by atomic mass is 32.2. The second kappa shape index (κ2) is 5.89. The summed E-state index contributed by atoms with van der Waals surface area (Å²) in [6, 6.07) is 0.472. The SMILES string of the molecule is CC1CN=C(NCC2(N3CCOCC3)CCSC2)N1. The zero-order chi connectivity index (χ0) is 13.1. The summed E-state index contributed by atoms with van der Waals surface area (Å²) < 4.78 is 5.49. The van der Waals surface area contributed by atoms with Gasteiger partial charge >= 0.3 is 0 Å². The van der Waals surface area contributed by atoms with Gasteiger partial charge in [-0.15, -0.1) is 0 Å². The van der Waals surface area contributed by atoms with E-state index in [1.54, 1.807) is 0 Å². The molecule has 2 unspecified atom stereocenters. The lowest BCUT2D eigenvalue weighted by molar-refractivity contribution is -0.0120. The molecule has 0 amide bonds. The van der Waals surface area contributed by atoms with Crippen molar-refractivity contribution in [2.75, 3.05) is 50.9 Å². The fourth-order valence-corrected chi connectivity index (χ4v) is 4.52.